The molecule has 0 amide bonds. The molecule has 0 aliphatic heterocycles. The molecule has 3 aromatic heterocycles. The Hall–Kier alpha value is -3.95. The summed E-state index contributed by atoms with van der Waals surface area (Å²) in [4.78, 5) is 4.72. The molecule has 0 bridgehead atoms. The largest absolute Gasteiger partial charge is 2.00 e. The minimum atomic E-state index is 0. The van der Waals surface area contributed by atoms with E-state index < -0.39 is 0 Å². The second-order valence-electron chi connectivity index (χ2n) is 14.0. The molecule has 1 unspecified atom stereocenters. The van der Waals surface area contributed by atoms with Crippen LogP contribution in [0.2, 0.25) is 0 Å². The van der Waals surface area contributed by atoms with Crippen LogP contribution in [0.25, 0.3) is 33.3 Å². The molecule has 0 N–H and O–H groups in total. The number of hydrogen-bond donors (Lipinski definition) is 0. The molecule has 7 rings (SSSR count). The summed E-state index contributed by atoms with van der Waals surface area (Å²) >= 11 is 0. The van der Waals surface area contributed by atoms with Crippen molar-refractivity contribution in [1.29, 1.82) is 0 Å². The van der Waals surface area contributed by atoms with Crippen molar-refractivity contribution in [1.82, 2.24) is 19.3 Å². The molecular formula is C42H44N4OPt. The number of benzene rings is 3. The average Bonchev–Trinajstić information content (AvgIpc) is 3.58. The van der Waals surface area contributed by atoms with E-state index in [9.17, 15) is 0 Å². The number of allylic oxidation sites excluding steroid dienone is 2. The first-order valence-electron chi connectivity index (χ1n) is 17.0. The molecule has 5 nitrogen and oxygen atoms in total. The monoisotopic (exact) mass is 815 g/mol. The van der Waals surface area contributed by atoms with Crippen molar-refractivity contribution in [2.75, 3.05) is 0 Å². The summed E-state index contributed by atoms with van der Waals surface area (Å²) in [6.07, 6.45) is 6.65. The maximum atomic E-state index is 6.58. The first kappa shape index (κ1) is 33.9. The second-order valence-corrected chi connectivity index (χ2v) is 14.0. The quantitative estimate of drug-likeness (QED) is 0.119. The number of aromatic nitrogens is 4. The van der Waals surface area contributed by atoms with E-state index in [0.29, 0.717) is 29.3 Å². The molecule has 6 aromatic rings. The Morgan fingerprint density at radius 1 is 0.854 bits per heavy atom. The van der Waals surface area contributed by atoms with E-state index in [1.54, 1.807) is 0 Å². The van der Waals surface area contributed by atoms with Gasteiger partial charge in [0.25, 0.3) is 0 Å². The first-order valence-corrected chi connectivity index (χ1v) is 17.0. The molecule has 48 heavy (non-hydrogen) atoms. The van der Waals surface area contributed by atoms with E-state index in [0.717, 1.165) is 50.9 Å². The van der Waals surface area contributed by atoms with Crippen molar-refractivity contribution in [3.63, 3.8) is 0 Å². The second kappa shape index (κ2) is 13.5. The Balaban J connectivity index is 0.00000401. The summed E-state index contributed by atoms with van der Waals surface area (Å²) < 4.78 is 10.9. The smallest absolute Gasteiger partial charge is 0.509 e. The van der Waals surface area contributed by atoms with Crippen LogP contribution >= 0.6 is 0 Å². The molecule has 3 heterocycles. The van der Waals surface area contributed by atoms with E-state index in [1.165, 1.54) is 28.9 Å². The first-order chi connectivity index (χ1) is 22.6. The van der Waals surface area contributed by atoms with Gasteiger partial charge in [-0.05, 0) is 79.3 Å². The maximum absolute atomic E-state index is 6.58. The summed E-state index contributed by atoms with van der Waals surface area (Å²) in [5.41, 5.74) is 10.5. The number of pyridine rings is 1. The van der Waals surface area contributed by atoms with Crippen molar-refractivity contribution in [2.45, 2.75) is 86.0 Å². The van der Waals surface area contributed by atoms with Crippen molar-refractivity contribution in [3.8, 4) is 23.0 Å². The zero-order valence-corrected chi connectivity index (χ0v) is 31.4. The van der Waals surface area contributed by atoms with Crippen LogP contribution in [-0.4, -0.2) is 19.3 Å². The predicted octanol–water partition coefficient (Wildman–Crippen LogP) is 11.1. The SMILES string of the molecule is CC1=CCC[C@H](C)C1c1c(C(C)C)nn(-c2[c-]c(Oc3[c-]c4c(cc3)c3ccccc3n4-c3cc(C)ccn3)cc(C)c2)c1C(C)C.[Pt+2]. The van der Waals surface area contributed by atoms with Gasteiger partial charge < -0.3 is 9.30 Å². The summed E-state index contributed by atoms with van der Waals surface area (Å²) in [6.45, 7) is 18.0. The van der Waals surface area contributed by atoms with E-state index >= 15 is 0 Å². The summed E-state index contributed by atoms with van der Waals surface area (Å²) in [7, 11) is 0. The maximum Gasteiger partial charge on any atom is 2.00 e. The third kappa shape index (κ3) is 6.07. The van der Waals surface area contributed by atoms with E-state index in [-0.39, 0.29) is 27.0 Å². The number of para-hydroxylation sites is 1. The number of ether oxygens (including phenoxy) is 1. The van der Waals surface area contributed by atoms with Gasteiger partial charge in [0.1, 0.15) is 5.82 Å². The fourth-order valence-electron chi connectivity index (χ4n) is 7.54. The van der Waals surface area contributed by atoms with Crippen molar-refractivity contribution >= 4 is 21.8 Å². The Morgan fingerprint density at radius 2 is 1.65 bits per heavy atom. The van der Waals surface area contributed by atoms with Crippen molar-refractivity contribution < 1.29 is 25.8 Å². The van der Waals surface area contributed by atoms with Crippen molar-refractivity contribution in [2.24, 2.45) is 5.92 Å². The van der Waals surface area contributed by atoms with Crippen LogP contribution in [0.4, 0.5) is 0 Å². The van der Waals surface area contributed by atoms with Gasteiger partial charge in [0.15, 0.2) is 0 Å². The average molecular weight is 816 g/mol. The number of aryl methyl sites for hydroxylation is 2. The van der Waals surface area contributed by atoms with Crippen LogP contribution in [0.3, 0.4) is 0 Å². The zero-order valence-electron chi connectivity index (χ0n) is 29.2. The molecule has 0 radical (unpaired) electrons. The van der Waals surface area contributed by atoms with E-state index in [1.807, 2.05) is 24.4 Å². The molecule has 0 spiro atoms. The Kier molecular flexibility index (Phi) is 9.55. The third-order valence-electron chi connectivity index (χ3n) is 9.65. The molecule has 0 fully saturated rings. The van der Waals surface area contributed by atoms with Crippen LogP contribution in [0.5, 0.6) is 11.5 Å². The fourth-order valence-corrected chi connectivity index (χ4v) is 7.54. The van der Waals surface area contributed by atoms with Crippen LogP contribution < -0.4 is 4.74 Å². The van der Waals surface area contributed by atoms with Gasteiger partial charge in [0, 0.05) is 40.4 Å². The standard InChI is InChI=1S/C42H44N4O.Pt/c1-25(2)41-40(39-29(7)12-11-13-30(39)8)42(26(3)4)46(44-41)31-20-28(6)21-33(23-31)47-32-16-17-35-34-14-9-10-15-36(34)45(37(35)24-32)38-22-27(5)18-19-43-38;/h9-10,12,14-22,25-26,30,39H,11,13H2,1-8H3;/q-2;+2/t30-,39?;/m0./s1. The minimum Gasteiger partial charge on any atom is -0.509 e. The van der Waals surface area contributed by atoms with Gasteiger partial charge in [-0.3, -0.25) is 4.68 Å². The van der Waals surface area contributed by atoms with Gasteiger partial charge >= 0.3 is 21.1 Å². The normalized spacial score (nSPS) is 16.5. The molecule has 248 valence electrons. The summed E-state index contributed by atoms with van der Waals surface area (Å²) in [5, 5.41) is 7.61. The Morgan fingerprint density at radius 3 is 2.38 bits per heavy atom. The number of rotatable bonds is 7. The van der Waals surface area contributed by atoms with Crippen LogP contribution in [0.15, 0.2) is 78.5 Å². The zero-order chi connectivity index (χ0) is 33.0. The third-order valence-corrected chi connectivity index (χ3v) is 9.65. The van der Waals surface area contributed by atoms with E-state index in [2.05, 4.69) is 125 Å². The number of fused-ring (bicyclic) bond motifs is 3. The van der Waals surface area contributed by atoms with Gasteiger partial charge in [-0.15, -0.1) is 35.7 Å². The molecule has 0 saturated heterocycles. The number of hydrogen-bond acceptors (Lipinski definition) is 3. The van der Waals surface area contributed by atoms with Crippen LogP contribution in [0.1, 0.15) is 100 Å². The summed E-state index contributed by atoms with van der Waals surface area (Å²) in [5.74, 6) is 3.69. The Bertz CT molecular complexity index is 2150. The minimum absolute atomic E-state index is 0. The van der Waals surface area contributed by atoms with Crippen LogP contribution in [-0.2, 0) is 21.1 Å². The molecule has 1 aliphatic carbocycles. The molecule has 2 atom stereocenters. The summed E-state index contributed by atoms with van der Waals surface area (Å²) in [6, 6.07) is 28.1. The molecule has 0 saturated carbocycles. The van der Waals surface area contributed by atoms with Gasteiger partial charge in [0.05, 0.1) is 5.69 Å². The van der Waals surface area contributed by atoms with E-state index in [4.69, 9.17) is 14.8 Å². The van der Waals surface area contributed by atoms with Crippen molar-refractivity contribution in [3.05, 3.63) is 119 Å². The molecular weight excluding hydrogens is 772 g/mol. The number of nitrogens with zero attached hydrogens (tertiary/aromatic N) is 4. The van der Waals surface area contributed by atoms with Gasteiger partial charge in [-0.2, -0.15) is 16.7 Å². The van der Waals surface area contributed by atoms with Gasteiger partial charge in [0.2, 0.25) is 0 Å². The topological polar surface area (TPSA) is 44.9 Å². The Labute approximate surface area is 299 Å². The van der Waals surface area contributed by atoms with Crippen LogP contribution in [0, 0.1) is 31.9 Å². The molecule has 3 aromatic carbocycles. The fraction of sp³-hybridized carbons (Fsp3) is 0.333. The molecule has 1 aliphatic rings. The molecule has 6 heteroatoms. The van der Waals surface area contributed by atoms with Gasteiger partial charge in [-0.1, -0.05) is 76.9 Å². The predicted molar refractivity (Wildman–Crippen MR) is 192 cm³/mol. The van der Waals surface area contributed by atoms with Gasteiger partial charge in [-0.25, -0.2) is 4.98 Å².